The fourth-order valence-electron chi connectivity index (χ4n) is 5.99. The second kappa shape index (κ2) is 9.64. The van der Waals surface area contributed by atoms with Crippen molar-refractivity contribution in [3.8, 4) is 9.75 Å². The molecule has 0 aliphatic heterocycles. The molecule has 6 aromatic heterocycles. The molecule has 0 atom stereocenters. The van der Waals surface area contributed by atoms with Crippen LogP contribution in [0.2, 0.25) is 0 Å². The molecule has 0 N–H and O–H groups in total. The van der Waals surface area contributed by atoms with Crippen LogP contribution in [0.25, 0.3) is 51.2 Å². The molecular formula is C35H26O2S6. The van der Waals surface area contributed by atoms with E-state index in [2.05, 4.69) is 76.4 Å². The minimum absolute atomic E-state index is 0.0168. The standard InChI is InChI=1S/C35H26O2S6/c1-15-11-19-20-12-16(2)40-33(20)29-27(22-9-10-25(42-22)35(4,5)6)30(37)26(28(29)32(19)39-15)21-7-8-23(41-21)34-31-18(14-38-34)13-24(43-31)17(3)36/h7-14H,1-6H3. The fraction of sp³-hybridized carbons (Fsp3) is 0.200. The lowest BCUT2D eigenvalue weighted by Crippen LogP contribution is -2.25. The van der Waals surface area contributed by atoms with Gasteiger partial charge in [-0.15, -0.1) is 68.0 Å². The highest BCUT2D eigenvalue weighted by Gasteiger charge is 2.32. The topological polar surface area (TPSA) is 34.1 Å². The van der Waals surface area contributed by atoms with Crippen molar-refractivity contribution in [2.24, 2.45) is 0 Å². The van der Waals surface area contributed by atoms with E-state index in [1.807, 2.05) is 6.07 Å². The van der Waals surface area contributed by atoms with Crippen LogP contribution in [-0.4, -0.2) is 11.6 Å². The Kier molecular flexibility index (Phi) is 6.23. The fourth-order valence-corrected chi connectivity index (χ4v) is 12.8. The van der Waals surface area contributed by atoms with E-state index in [-0.39, 0.29) is 17.0 Å². The summed E-state index contributed by atoms with van der Waals surface area (Å²) < 4.78 is 3.58. The quantitative estimate of drug-likeness (QED) is 0.175. The summed E-state index contributed by atoms with van der Waals surface area (Å²) in [6.45, 7) is 12.7. The number of benzene rings is 1. The number of aryl methyl sites for hydroxylation is 2. The summed E-state index contributed by atoms with van der Waals surface area (Å²) in [6.07, 6.45) is 0. The van der Waals surface area contributed by atoms with Crippen LogP contribution in [0, 0.1) is 13.8 Å². The van der Waals surface area contributed by atoms with Crippen LogP contribution >= 0.6 is 68.0 Å². The third kappa shape index (κ3) is 4.18. The molecule has 0 radical (unpaired) electrons. The van der Waals surface area contributed by atoms with Gasteiger partial charge in [-0.05, 0) is 68.7 Å². The minimum Gasteiger partial charge on any atom is -0.294 e. The average molecular weight is 671 g/mol. The van der Waals surface area contributed by atoms with Crippen molar-refractivity contribution in [3.05, 3.63) is 87.5 Å². The molecule has 6 heterocycles. The molecule has 2 nitrogen and oxygen atoms in total. The van der Waals surface area contributed by atoms with Gasteiger partial charge in [0.2, 0.25) is 0 Å². The predicted octanol–water partition coefficient (Wildman–Crippen LogP) is 10.3. The van der Waals surface area contributed by atoms with E-state index in [0.29, 0.717) is 0 Å². The molecule has 0 amide bonds. The Bertz CT molecular complexity index is 2450. The van der Waals surface area contributed by atoms with E-state index in [1.165, 1.54) is 39.7 Å². The Morgan fingerprint density at radius 1 is 0.698 bits per heavy atom. The second-order valence-corrected chi connectivity index (χ2v) is 18.7. The average Bonchev–Trinajstić information content (AvgIpc) is 3.75. The molecule has 8 rings (SSSR count). The summed E-state index contributed by atoms with van der Waals surface area (Å²) in [5.74, 6) is 0.229. The van der Waals surface area contributed by atoms with Crippen LogP contribution in [0.15, 0.2) is 47.8 Å². The van der Waals surface area contributed by atoms with Crippen LogP contribution in [0.1, 0.15) is 61.8 Å². The van der Waals surface area contributed by atoms with Gasteiger partial charge in [0.1, 0.15) is 0 Å². The van der Waals surface area contributed by atoms with Crippen LogP contribution in [-0.2, 0) is 10.2 Å². The van der Waals surface area contributed by atoms with Crippen molar-refractivity contribution >= 4 is 121 Å². The normalized spacial score (nSPS) is 13.9. The molecule has 0 bridgehead atoms. The summed E-state index contributed by atoms with van der Waals surface area (Å²) in [6, 6.07) is 15.2. The highest BCUT2D eigenvalue weighted by Crippen LogP contribution is 2.45. The lowest BCUT2D eigenvalue weighted by Gasteiger charge is -2.15. The number of rotatable bonds is 4. The number of ketones is 2. The van der Waals surface area contributed by atoms with Gasteiger partial charge in [0.25, 0.3) is 0 Å². The number of carbonyl (C=O) groups is 2. The van der Waals surface area contributed by atoms with Gasteiger partial charge in [-0.2, -0.15) is 0 Å². The van der Waals surface area contributed by atoms with Gasteiger partial charge in [0.05, 0.1) is 14.5 Å². The minimum atomic E-state index is 0.0168. The summed E-state index contributed by atoms with van der Waals surface area (Å²) in [5.41, 5.74) is 1.70. The van der Waals surface area contributed by atoms with Gasteiger partial charge in [-0.3, -0.25) is 9.59 Å². The molecular weight excluding hydrogens is 645 g/mol. The van der Waals surface area contributed by atoms with Gasteiger partial charge < -0.3 is 0 Å². The number of thiophene rings is 6. The Labute approximate surface area is 272 Å². The third-order valence-electron chi connectivity index (χ3n) is 7.94. The Morgan fingerprint density at radius 3 is 1.86 bits per heavy atom. The lowest BCUT2D eigenvalue weighted by molar-refractivity contribution is -0.108. The van der Waals surface area contributed by atoms with E-state index >= 15 is 0 Å². The molecule has 0 unspecified atom stereocenters. The lowest BCUT2D eigenvalue weighted by atomic mass is 9.95. The zero-order valence-electron chi connectivity index (χ0n) is 24.4. The molecule has 7 aromatic rings. The van der Waals surface area contributed by atoms with Crippen LogP contribution in [0.3, 0.4) is 0 Å². The number of fused-ring (bicyclic) bond motifs is 7. The van der Waals surface area contributed by atoms with Gasteiger partial charge in [-0.1, -0.05) is 20.8 Å². The van der Waals surface area contributed by atoms with E-state index in [9.17, 15) is 9.59 Å². The Hall–Kier alpha value is -2.72. The first-order valence-electron chi connectivity index (χ1n) is 14.0. The maximum atomic E-state index is 14.8. The van der Waals surface area contributed by atoms with Crippen molar-refractivity contribution < 1.29 is 9.59 Å². The second-order valence-electron chi connectivity index (χ2n) is 12.1. The third-order valence-corrected chi connectivity index (χ3v) is 15.3. The SMILES string of the molecule is CC(=O)c1cc2csc(-c3ccc(C4=c5c(c6sc(C)cc6c6cc(C)sc56)=C(c5ccc(C(C)(C)C)s5)C4=O)s3)c2s1. The van der Waals surface area contributed by atoms with Crippen molar-refractivity contribution in [2.75, 3.05) is 0 Å². The number of Topliss-reactive ketones (excluding diaryl/α,β-unsaturated/α-hetero) is 2. The Balaban J connectivity index is 1.44. The largest absolute Gasteiger partial charge is 0.294 e. The molecule has 0 fully saturated rings. The highest BCUT2D eigenvalue weighted by molar-refractivity contribution is 7.29. The predicted molar refractivity (Wildman–Crippen MR) is 192 cm³/mol. The highest BCUT2D eigenvalue weighted by atomic mass is 32.1. The van der Waals surface area contributed by atoms with E-state index < -0.39 is 0 Å². The Morgan fingerprint density at radius 2 is 1.28 bits per heavy atom. The van der Waals surface area contributed by atoms with Crippen LogP contribution in [0.5, 0.6) is 0 Å². The zero-order chi connectivity index (χ0) is 29.9. The zero-order valence-corrected chi connectivity index (χ0v) is 29.3. The van der Waals surface area contributed by atoms with Crippen LogP contribution in [0.4, 0.5) is 0 Å². The summed E-state index contributed by atoms with van der Waals surface area (Å²) >= 11 is 10.3. The molecule has 0 saturated heterocycles. The van der Waals surface area contributed by atoms with Gasteiger partial charge in [-0.25, -0.2) is 0 Å². The monoisotopic (exact) mass is 670 g/mol. The first-order chi connectivity index (χ1) is 20.5. The van der Waals surface area contributed by atoms with Crippen molar-refractivity contribution in [1.29, 1.82) is 0 Å². The molecule has 0 spiro atoms. The molecule has 214 valence electrons. The molecule has 1 aliphatic rings. The first-order valence-corrected chi connectivity index (χ1v) is 18.9. The molecule has 8 heteroatoms. The van der Waals surface area contributed by atoms with Crippen LogP contribution < -0.4 is 10.4 Å². The van der Waals surface area contributed by atoms with E-state index in [1.54, 1.807) is 74.9 Å². The van der Waals surface area contributed by atoms with Crippen molar-refractivity contribution in [2.45, 2.75) is 47.0 Å². The molecule has 43 heavy (non-hydrogen) atoms. The van der Waals surface area contributed by atoms with Gasteiger partial charge in [0, 0.05) is 81.8 Å². The number of carbonyl (C=O) groups excluding carboxylic acids is 2. The first kappa shape index (κ1) is 27.8. The van der Waals surface area contributed by atoms with E-state index in [4.69, 9.17) is 0 Å². The molecule has 1 aromatic carbocycles. The summed E-state index contributed by atoms with van der Waals surface area (Å²) in [7, 11) is 0. The van der Waals surface area contributed by atoms with Gasteiger partial charge in [0.15, 0.2) is 11.6 Å². The van der Waals surface area contributed by atoms with E-state index in [0.717, 1.165) is 51.2 Å². The smallest absolute Gasteiger partial charge is 0.197 e. The van der Waals surface area contributed by atoms with Crippen molar-refractivity contribution in [3.63, 3.8) is 0 Å². The summed E-state index contributed by atoms with van der Waals surface area (Å²) in [5, 5.41) is 7.98. The molecule has 1 aliphatic carbocycles. The van der Waals surface area contributed by atoms with Crippen molar-refractivity contribution in [1.82, 2.24) is 0 Å². The maximum absolute atomic E-state index is 14.8. The number of hydrogen-bond acceptors (Lipinski definition) is 8. The number of hydrogen-bond donors (Lipinski definition) is 0. The van der Waals surface area contributed by atoms with Gasteiger partial charge >= 0.3 is 0 Å². The summed E-state index contributed by atoms with van der Waals surface area (Å²) in [4.78, 5) is 35.9. The maximum Gasteiger partial charge on any atom is 0.197 e. The molecule has 0 saturated carbocycles.